The molecule has 0 aliphatic carbocycles. The number of hydrogen-bond donors (Lipinski definition) is 2. The molecule has 5 rings (SSSR count). The van der Waals surface area contributed by atoms with Gasteiger partial charge in [0, 0.05) is 37.6 Å². The number of benzene rings is 3. The number of nitrogens with one attached hydrogen (secondary N) is 1. The molecule has 42 heavy (non-hydrogen) atoms. The topological polar surface area (TPSA) is 93.0 Å². The second kappa shape index (κ2) is 11.2. The lowest BCUT2D eigenvalue weighted by Crippen LogP contribution is -2.33. The summed E-state index contributed by atoms with van der Waals surface area (Å²) in [5.41, 5.74) is 6.85. The highest BCUT2D eigenvalue weighted by Gasteiger charge is 2.36. The van der Waals surface area contributed by atoms with Crippen molar-refractivity contribution >= 4 is 28.5 Å². The van der Waals surface area contributed by atoms with Gasteiger partial charge in [-0.15, -0.1) is 0 Å². The maximum absolute atomic E-state index is 13.7. The molecule has 0 fully saturated rings. The smallest absolute Gasteiger partial charge is 0.337 e. The average Bonchev–Trinajstić information content (AvgIpc) is 3.33. The van der Waals surface area contributed by atoms with Gasteiger partial charge in [0.05, 0.1) is 23.9 Å². The van der Waals surface area contributed by atoms with Gasteiger partial charge >= 0.3 is 5.97 Å². The Labute approximate surface area is 246 Å². The molecule has 0 spiro atoms. The number of carbonyl (C=O) groups is 2. The van der Waals surface area contributed by atoms with Crippen molar-refractivity contribution in [2.45, 2.75) is 59.4 Å². The number of carbonyl (C=O) groups excluding carboxylic acids is 1. The summed E-state index contributed by atoms with van der Waals surface area (Å²) in [5, 5.41) is 14.4. The number of carboxylic acids is 1. The van der Waals surface area contributed by atoms with Gasteiger partial charge in [-0.2, -0.15) is 0 Å². The summed E-state index contributed by atoms with van der Waals surface area (Å²) < 4.78 is 13.5. The first-order valence-electron chi connectivity index (χ1n) is 14.2. The number of likely N-dealkylation sites (N-methyl/N-ethyl adjacent to an activating group) is 1. The van der Waals surface area contributed by atoms with Crippen molar-refractivity contribution in [2.24, 2.45) is 0 Å². The molecule has 1 aromatic heterocycles. The second-order valence-corrected chi connectivity index (χ2v) is 12.0. The van der Waals surface area contributed by atoms with Crippen molar-refractivity contribution in [3.8, 4) is 16.9 Å². The first kappa shape index (κ1) is 29.2. The number of hydrogen-bond acceptors (Lipinski definition) is 5. The third kappa shape index (κ3) is 5.46. The van der Waals surface area contributed by atoms with Crippen molar-refractivity contribution in [1.29, 1.82) is 0 Å². The molecule has 1 atom stereocenters. The van der Waals surface area contributed by atoms with Crippen LogP contribution < -0.4 is 15.0 Å². The number of nitrogens with zero attached hydrogens (tertiary/aromatic N) is 2. The molecular weight excluding hydrogens is 530 g/mol. The Bertz CT molecular complexity index is 1650. The Kier molecular flexibility index (Phi) is 7.77. The SMILES string of the molecule is COc1ccc(CNC(=O)c2cc3c(-c4ccc(C)cc4)c([C@H](OC(C)(C)C)C(=O)O)c(C)c4c3n2CCN4C)cc1. The van der Waals surface area contributed by atoms with E-state index < -0.39 is 17.7 Å². The fourth-order valence-corrected chi connectivity index (χ4v) is 5.84. The van der Waals surface area contributed by atoms with Gasteiger partial charge in [0.25, 0.3) is 5.91 Å². The van der Waals surface area contributed by atoms with E-state index in [0.717, 1.165) is 50.2 Å². The van der Waals surface area contributed by atoms with Crippen LogP contribution in [-0.4, -0.2) is 47.9 Å². The minimum atomic E-state index is -1.20. The van der Waals surface area contributed by atoms with E-state index in [9.17, 15) is 14.7 Å². The minimum absolute atomic E-state index is 0.188. The molecule has 0 radical (unpaired) electrons. The highest BCUT2D eigenvalue weighted by atomic mass is 16.5. The lowest BCUT2D eigenvalue weighted by molar-refractivity contribution is -0.160. The summed E-state index contributed by atoms with van der Waals surface area (Å²) in [7, 11) is 3.63. The van der Waals surface area contributed by atoms with Crippen LogP contribution in [0.4, 0.5) is 5.69 Å². The van der Waals surface area contributed by atoms with E-state index >= 15 is 0 Å². The van der Waals surface area contributed by atoms with Crippen LogP contribution in [0.5, 0.6) is 5.75 Å². The number of aryl methyl sites for hydroxylation is 1. The van der Waals surface area contributed by atoms with E-state index in [4.69, 9.17) is 9.47 Å². The van der Waals surface area contributed by atoms with Crippen molar-refractivity contribution < 1.29 is 24.2 Å². The van der Waals surface area contributed by atoms with Gasteiger partial charge in [-0.25, -0.2) is 4.79 Å². The van der Waals surface area contributed by atoms with Gasteiger partial charge in [0.15, 0.2) is 6.10 Å². The summed E-state index contributed by atoms with van der Waals surface area (Å²) in [6.07, 6.45) is -1.20. The van der Waals surface area contributed by atoms with Gasteiger partial charge < -0.3 is 29.4 Å². The van der Waals surface area contributed by atoms with Gasteiger partial charge in [-0.3, -0.25) is 4.79 Å². The standard InChI is InChI=1S/C34H39N3O5/c1-20-8-12-23(13-9-20)28-25-18-26(32(38)35-19-22-10-14-24(41-7)15-11-22)37-17-16-36(6)29(30(25)37)21(2)27(28)31(33(39)40)42-34(3,4)5/h8-15,18,31H,16-17,19H2,1-7H3,(H,35,38)(H,39,40)/t31-/m0/s1. The number of amides is 1. The molecule has 1 aliphatic rings. The number of methoxy groups -OCH3 is 1. The number of ether oxygens (including phenoxy) is 2. The number of carboxylic acid groups (broad SMARTS) is 1. The molecular formula is C34H39N3O5. The number of anilines is 1. The molecule has 8 heteroatoms. The van der Waals surface area contributed by atoms with Crippen molar-refractivity contribution in [3.05, 3.63) is 82.5 Å². The van der Waals surface area contributed by atoms with Crippen LogP contribution in [0.2, 0.25) is 0 Å². The first-order chi connectivity index (χ1) is 19.9. The molecule has 2 heterocycles. The molecule has 0 saturated carbocycles. The van der Waals surface area contributed by atoms with Crippen LogP contribution in [0.15, 0.2) is 54.6 Å². The molecule has 1 amide bonds. The minimum Gasteiger partial charge on any atom is -0.497 e. The molecule has 2 N–H and O–H groups in total. The Morgan fingerprint density at radius 1 is 1.02 bits per heavy atom. The molecule has 4 aromatic rings. The Hall–Kier alpha value is -4.30. The molecule has 1 aliphatic heterocycles. The maximum Gasteiger partial charge on any atom is 0.337 e. The fraction of sp³-hybridized carbons (Fsp3) is 0.353. The van der Waals surface area contributed by atoms with Crippen molar-refractivity contribution in [1.82, 2.24) is 9.88 Å². The maximum atomic E-state index is 13.7. The van der Waals surface area contributed by atoms with Crippen LogP contribution in [0, 0.1) is 13.8 Å². The molecule has 3 aromatic carbocycles. The van der Waals surface area contributed by atoms with Crippen molar-refractivity contribution in [3.63, 3.8) is 0 Å². The average molecular weight is 570 g/mol. The van der Waals surface area contributed by atoms with Gasteiger partial charge in [-0.1, -0.05) is 42.0 Å². The van der Waals surface area contributed by atoms with Gasteiger partial charge in [0.2, 0.25) is 0 Å². The number of rotatable bonds is 8. The summed E-state index contributed by atoms with van der Waals surface area (Å²) in [4.78, 5) is 28.7. The number of aromatic nitrogens is 1. The lowest BCUT2D eigenvalue weighted by atomic mass is 9.87. The van der Waals surface area contributed by atoms with Crippen LogP contribution >= 0.6 is 0 Å². The zero-order valence-corrected chi connectivity index (χ0v) is 25.4. The molecule has 8 nitrogen and oxygen atoms in total. The molecule has 0 unspecified atom stereocenters. The summed E-state index contributed by atoms with van der Waals surface area (Å²) in [6.45, 7) is 11.2. The van der Waals surface area contributed by atoms with E-state index in [1.165, 1.54) is 0 Å². The van der Waals surface area contributed by atoms with E-state index in [-0.39, 0.29) is 5.91 Å². The Balaban J connectivity index is 1.72. The van der Waals surface area contributed by atoms with Crippen LogP contribution in [0.3, 0.4) is 0 Å². The van der Waals surface area contributed by atoms with E-state index in [2.05, 4.69) is 14.8 Å². The zero-order valence-electron chi connectivity index (χ0n) is 25.4. The zero-order chi connectivity index (χ0) is 30.3. The third-order valence-electron chi connectivity index (χ3n) is 7.80. The van der Waals surface area contributed by atoms with Crippen LogP contribution in [-0.2, 0) is 22.6 Å². The Morgan fingerprint density at radius 3 is 2.29 bits per heavy atom. The quantitative estimate of drug-likeness (QED) is 0.260. The number of aliphatic carboxylic acids is 1. The second-order valence-electron chi connectivity index (χ2n) is 12.0. The van der Waals surface area contributed by atoms with Crippen molar-refractivity contribution in [2.75, 3.05) is 25.6 Å². The molecule has 0 saturated heterocycles. The highest BCUT2D eigenvalue weighted by Crippen LogP contribution is 2.47. The third-order valence-corrected chi connectivity index (χ3v) is 7.80. The Morgan fingerprint density at radius 2 is 1.69 bits per heavy atom. The summed E-state index contributed by atoms with van der Waals surface area (Å²) in [5.74, 6) is -0.482. The summed E-state index contributed by atoms with van der Waals surface area (Å²) >= 11 is 0. The first-order valence-corrected chi connectivity index (χ1v) is 14.2. The normalized spacial score (nSPS) is 13.7. The van der Waals surface area contributed by atoms with E-state index in [0.29, 0.717) is 30.9 Å². The van der Waals surface area contributed by atoms with Crippen LogP contribution in [0.25, 0.3) is 22.0 Å². The van der Waals surface area contributed by atoms with Gasteiger partial charge in [-0.05, 0) is 75.1 Å². The predicted octanol–water partition coefficient (Wildman–Crippen LogP) is 6.25. The van der Waals surface area contributed by atoms with E-state index in [1.807, 2.05) is 96.3 Å². The van der Waals surface area contributed by atoms with Crippen LogP contribution in [0.1, 0.15) is 59.6 Å². The lowest BCUT2D eigenvalue weighted by Gasteiger charge is -2.34. The highest BCUT2D eigenvalue weighted by molar-refractivity contribution is 6.11. The van der Waals surface area contributed by atoms with E-state index in [1.54, 1.807) is 7.11 Å². The molecule has 0 bridgehead atoms. The summed E-state index contributed by atoms with van der Waals surface area (Å²) in [6, 6.07) is 17.6. The fourth-order valence-electron chi connectivity index (χ4n) is 5.84. The van der Waals surface area contributed by atoms with Gasteiger partial charge in [0.1, 0.15) is 11.4 Å². The monoisotopic (exact) mass is 569 g/mol. The molecule has 220 valence electrons. The predicted molar refractivity (Wildman–Crippen MR) is 165 cm³/mol. The largest absolute Gasteiger partial charge is 0.497 e.